The largest absolute Gasteiger partial charge is 0.508 e. The third-order valence-corrected chi connectivity index (χ3v) is 18.5. The zero-order valence-corrected chi connectivity index (χ0v) is 49.9. The lowest BCUT2D eigenvalue weighted by molar-refractivity contribution is -0.387. The number of carbonyl (C=O) groups excluding carboxylic acids is 2. The quantitative estimate of drug-likeness (QED) is 0.00601. The number of fused-ring (bicyclic) bond motifs is 3. The molecule has 0 bridgehead atoms. The molecule has 482 valence electrons. The molecule has 42 heteroatoms. The number of imidazole rings is 1. The Hall–Kier alpha value is -7.20. The molecule has 3 unspecified atom stereocenters. The number of nitro benzene ring substituents is 1. The average molecular weight is 1350 g/mol. The summed E-state index contributed by atoms with van der Waals surface area (Å²) in [5, 5.41) is 15.0. The molecule has 1 amide bonds. The average Bonchev–Trinajstić information content (AvgIpc) is 1.26. The predicted molar refractivity (Wildman–Crippen MR) is 300 cm³/mol. The lowest BCUT2D eigenvalue weighted by Crippen LogP contribution is -2.34. The van der Waals surface area contributed by atoms with Gasteiger partial charge in [-0.25, -0.2) is 33.4 Å². The maximum absolute atomic E-state index is 13.1. The number of para-hydroxylation sites is 1. The van der Waals surface area contributed by atoms with E-state index in [4.69, 9.17) is 69.4 Å². The Morgan fingerprint density at radius 3 is 2.09 bits per heavy atom. The van der Waals surface area contributed by atoms with Crippen LogP contribution in [0.2, 0.25) is 0 Å². The summed E-state index contributed by atoms with van der Waals surface area (Å²) in [6.45, 7) is -1.13. The third-order valence-electron chi connectivity index (χ3n) is 12.7. The summed E-state index contributed by atoms with van der Waals surface area (Å²) in [4.78, 5) is 85.4. The van der Waals surface area contributed by atoms with E-state index in [1.807, 2.05) is 0 Å². The first-order chi connectivity index (χ1) is 41.9. The van der Waals surface area contributed by atoms with E-state index in [9.17, 15) is 69.1 Å². The number of benzene rings is 3. The molecular weight excluding hydrogens is 1300 g/mol. The van der Waals surface area contributed by atoms with Crippen LogP contribution in [0.3, 0.4) is 0 Å². The molecule has 1 aliphatic carbocycles. The van der Waals surface area contributed by atoms with Crippen LogP contribution < -0.4 is 27.3 Å². The molecule has 1 saturated heterocycles. The molecule has 0 spiro atoms. The van der Waals surface area contributed by atoms with Gasteiger partial charge < -0.3 is 80.0 Å². The molecule has 0 saturated carbocycles. The minimum atomic E-state index is -5.90. The van der Waals surface area contributed by atoms with E-state index in [2.05, 4.69) is 28.9 Å². The van der Waals surface area contributed by atoms with Crippen LogP contribution in [-0.2, 0) is 93.4 Å². The first-order valence-electron chi connectivity index (χ1n) is 25.5. The monoisotopic (exact) mass is 1350 g/mol. The zero-order chi connectivity index (χ0) is 64.6. The van der Waals surface area contributed by atoms with Gasteiger partial charge in [0.1, 0.15) is 41.8 Å². The molecule has 3 aliphatic rings. The smallest absolute Gasteiger partial charge is 0.478 e. The van der Waals surface area contributed by atoms with Crippen molar-refractivity contribution in [3.05, 3.63) is 134 Å². The summed E-state index contributed by atoms with van der Waals surface area (Å²) in [7, 11) is -27.3. The van der Waals surface area contributed by atoms with Gasteiger partial charge in [-0.3, -0.25) is 33.1 Å². The Morgan fingerprint density at radius 1 is 0.798 bits per heavy atom. The third kappa shape index (κ3) is 17.4. The highest BCUT2D eigenvalue weighted by Gasteiger charge is 2.46. The number of hydrogen-bond acceptors (Lipinski definition) is 28. The second-order valence-corrected chi connectivity index (χ2v) is 25.9. The number of carbonyl (C=O) groups is 2. The molecule has 6 atom stereocenters. The van der Waals surface area contributed by atoms with Crippen molar-refractivity contribution >= 4 is 89.7 Å². The minimum absolute atomic E-state index is 0.00236. The summed E-state index contributed by atoms with van der Waals surface area (Å²) in [5.74, 6) is -0.983. The van der Waals surface area contributed by atoms with Crippen LogP contribution in [0.1, 0.15) is 45.3 Å². The number of rotatable bonds is 30. The lowest BCUT2D eigenvalue weighted by Gasteiger charge is -2.34. The highest BCUT2D eigenvalue weighted by molar-refractivity contribution is 7.90. The van der Waals surface area contributed by atoms with Gasteiger partial charge in [0.15, 0.2) is 28.2 Å². The molecule has 13 N–H and O–H groups in total. The number of phosphoric acid groups is 3. The number of anilines is 2. The standard InChI is InChI=1S/C47H54N9O28P3S2/c48-32-10-8-30-37(31-9-11-33(49)43(89(71,72)73)41(31)82-40(30)42(32)88(68,69)70)26-4-6-27(7-5-26)46(57)51-12-13-74-14-15-75-16-17-76-18-19-77-21-28-2-1-3-29(39(28)56(59)60)22-78-47(58)81-34-20-36(55-25-54-38-44(50)52-24-53-45(38)55)80-35(34)23-79-86(64,65)84-87(66,67)83-85(61,62)63/h1-11,24-25,34-36,40H,12-23,48-49H2,(H,51,57)(H,64,65)(H,66,67)(H2,50,52,53)(H2,61,62,63)(H,68,69,70)(H,71,72,73)/t34-,35-,36-,40?/m1/s1. The molecule has 8 rings (SSSR count). The Bertz CT molecular complexity index is 4000. The fraction of sp³-hybridized carbons (Fsp3) is 0.340. The molecule has 2 aromatic heterocycles. The number of nitrogens with two attached hydrogens (primary N) is 3. The second kappa shape index (κ2) is 28.3. The Kier molecular flexibility index (Phi) is 21.5. The van der Waals surface area contributed by atoms with Crippen LogP contribution >= 0.6 is 23.5 Å². The van der Waals surface area contributed by atoms with E-state index in [1.165, 1.54) is 77.6 Å². The summed E-state index contributed by atoms with van der Waals surface area (Å²) in [6, 6.07) is 12.7. The molecule has 1 fully saturated rings. The number of phosphoric ester groups is 1. The van der Waals surface area contributed by atoms with E-state index in [0.29, 0.717) is 5.56 Å². The van der Waals surface area contributed by atoms with E-state index in [1.54, 1.807) is 0 Å². The van der Waals surface area contributed by atoms with Gasteiger partial charge in [0, 0.05) is 29.7 Å². The van der Waals surface area contributed by atoms with Crippen molar-refractivity contribution < 1.29 is 125 Å². The Balaban J connectivity index is 0.740. The number of nitro groups is 1. The van der Waals surface area contributed by atoms with Gasteiger partial charge >= 0.3 is 29.6 Å². The summed E-state index contributed by atoms with van der Waals surface area (Å²) >= 11 is 0. The predicted octanol–water partition coefficient (Wildman–Crippen LogP) is 2.69. The first-order valence-corrected chi connectivity index (χ1v) is 32.9. The molecule has 89 heavy (non-hydrogen) atoms. The summed E-state index contributed by atoms with van der Waals surface area (Å²) < 4.78 is 163. The van der Waals surface area contributed by atoms with Crippen LogP contribution in [0.25, 0.3) is 16.7 Å². The fourth-order valence-corrected chi connectivity index (χ4v) is 13.7. The summed E-state index contributed by atoms with van der Waals surface area (Å²) in [6.07, 6.45) is -2.37. The van der Waals surface area contributed by atoms with Crippen molar-refractivity contribution in [2.24, 2.45) is 5.73 Å². The minimum Gasteiger partial charge on any atom is -0.478 e. The molecule has 5 aromatic rings. The SMILES string of the molecule is NC1=C(S(=O)(=O)O)C2Oc3c(ccc(N)c3S(=O)(=O)O)C(c3ccc(C(=O)NCCOCCOCCOCCOCc4cccc(COC(=O)O[C@@H]5C[C@H](n6cnc7c(N)ncnc76)O[C@@H]5COP(=O)(O)OP(=O)(O)OP(=O)(O)O)c4[N+](=O)[O-])cc3)=C2C=C1. The Labute approximate surface area is 502 Å². The number of amides is 1. The molecule has 3 aromatic carbocycles. The van der Waals surface area contributed by atoms with Crippen LogP contribution in [0.15, 0.2) is 100 Å². The van der Waals surface area contributed by atoms with Crippen molar-refractivity contribution in [2.75, 3.05) is 70.9 Å². The van der Waals surface area contributed by atoms with Gasteiger partial charge in [-0.15, -0.1) is 0 Å². The second-order valence-electron chi connectivity index (χ2n) is 18.7. The van der Waals surface area contributed by atoms with Gasteiger partial charge in [-0.05, 0) is 53.6 Å². The number of allylic oxidation sites excluding steroid dienone is 1. The van der Waals surface area contributed by atoms with Crippen LogP contribution in [-0.4, -0.2) is 160 Å². The van der Waals surface area contributed by atoms with Gasteiger partial charge in [0.2, 0.25) is 0 Å². The van der Waals surface area contributed by atoms with Crippen LogP contribution in [0, 0.1) is 10.1 Å². The fourth-order valence-electron chi connectivity index (χ4n) is 9.08. The van der Waals surface area contributed by atoms with Gasteiger partial charge in [-0.1, -0.05) is 24.3 Å². The number of hydrogen-bond donors (Lipinski definition) is 10. The molecule has 37 nitrogen and oxygen atoms in total. The molecule has 2 aliphatic heterocycles. The first kappa shape index (κ1) is 67.7. The number of nitrogen functional groups attached to an aromatic ring is 2. The van der Waals surface area contributed by atoms with Crippen molar-refractivity contribution in [2.45, 2.75) is 49.1 Å². The van der Waals surface area contributed by atoms with Gasteiger partial charge in [-0.2, -0.15) is 25.5 Å². The van der Waals surface area contributed by atoms with Crippen molar-refractivity contribution in [1.82, 2.24) is 24.8 Å². The van der Waals surface area contributed by atoms with Gasteiger partial charge in [0.25, 0.3) is 31.8 Å². The maximum Gasteiger partial charge on any atom is 0.508 e. The van der Waals surface area contributed by atoms with E-state index >= 15 is 0 Å². The van der Waals surface area contributed by atoms with Gasteiger partial charge in [0.05, 0.1) is 93.2 Å². The normalized spacial score (nSPS) is 19.0. The Morgan fingerprint density at radius 2 is 1.45 bits per heavy atom. The number of aromatic nitrogens is 4. The lowest BCUT2D eigenvalue weighted by atomic mass is 9.85. The molecule has 0 radical (unpaired) electrons. The maximum atomic E-state index is 13.1. The molecular formula is C47H54N9O28P3S2. The van der Waals surface area contributed by atoms with E-state index < -0.39 is 125 Å². The number of nitrogens with one attached hydrogen (secondary N) is 1. The highest BCUT2D eigenvalue weighted by Crippen LogP contribution is 2.66. The number of ether oxygens (including phenoxy) is 8. The van der Waals surface area contributed by atoms with Crippen LogP contribution in [0.5, 0.6) is 5.75 Å². The van der Waals surface area contributed by atoms with E-state index in [0.717, 1.165) is 6.33 Å². The van der Waals surface area contributed by atoms with E-state index in [-0.39, 0.29) is 122 Å². The van der Waals surface area contributed by atoms with Crippen molar-refractivity contribution in [3.8, 4) is 5.75 Å². The highest BCUT2D eigenvalue weighted by atomic mass is 32.2. The van der Waals surface area contributed by atoms with Crippen molar-refractivity contribution in [3.63, 3.8) is 0 Å². The molecule has 4 heterocycles. The number of nitrogens with zero attached hydrogens (tertiary/aromatic N) is 5. The topological polar surface area (TPSA) is 553 Å². The zero-order valence-electron chi connectivity index (χ0n) is 45.6. The van der Waals surface area contributed by atoms with Crippen LogP contribution in [0.4, 0.5) is 22.0 Å². The van der Waals surface area contributed by atoms with Crippen molar-refractivity contribution in [1.29, 1.82) is 0 Å². The summed E-state index contributed by atoms with van der Waals surface area (Å²) in [5.41, 5.74) is 17.8.